The topological polar surface area (TPSA) is 42.4 Å². The summed E-state index contributed by atoms with van der Waals surface area (Å²) in [6.07, 6.45) is 1.25. The SMILES string of the molecule is Cc1ccc(C(C(C)N)N2CCC(C)C(C)C2)o1. The summed E-state index contributed by atoms with van der Waals surface area (Å²) in [6.45, 7) is 11.0. The van der Waals surface area contributed by atoms with Crippen LogP contribution < -0.4 is 5.73 Å². The van der Waals surface area contributed by atoms with Crippen LogP contribution in [0.4, 0.5) is 0 Å². The summed E-state index contributed by atoms with van der Waals surface area (Å²) in [5.74, 6) is 3.53. The summed E-state index contributed by atoms with van der Waals surface area (Å²) in [7, 11) is 0. The molecule has 3 nitrogen and oxygen atoms in total. The Balaban J connectivity index is 2.16. The summed E-state index contributed by atoms with van der Waals surface area (Å²) in [5.41, 5.74) is 6.19. The third-order valence-electron chi connectivity index (χ3n) is 4.31. The van der Waals surface area contributed by atoms with E-state index < -0.39 is 0 Å². The van der Waals surface area contributed by atoms with Crippen LogP contribution in [0.25, 0.3) is 0 Å². The fourth-order valence-corrected chi connectivity index (χ4v) is 2.93. The van der Waals surface area contributed by atoms with Crippen LogP contribution in [-0.4, -0.2) is 24.0 Å². The number of hydrogen-bond acceptors (Lipinski definition) is 3. The van der Waals surface area contributed by atoms with Gasteiger partial charge in [-0.05, 0) is 50.8 Å². The van der Waals surface area contributed by atoms with Gasteiger partial charge in [-0.3, -0.25) is 4.90 Å². The van der Waals surface area contributed by atoms with Gasteiger partial charge >= 0.3 is 0 Å². The monoisotopic (exact) mass is 250 g/mol. The van der Waals surface area contributed by atoms with Gasteiger partial charge in [-0.15, -0.1) is 0 Å². The van der Waals surface area contributed by atoms with Gasteiger partial charge in [0.05, 0.1) is 6.04 Å². The van der Waals surface area contributed by atoms with Crippen molar-refractivity contribution < 1.29 is 4.42 Å². The molecular formula is C15H26N2O. The van der Waals surface area contributed by atoms with Crippen LogP contribution in [0.3, 0.4) is 0 Å². The first-order valence-corrected chi connectivity index (χ1v) is 7.05. The van der Waals surface area contributed by atoms with Crippen molar-refractivity contribution in [2.24, 2.45) is 17.6 Å². The van der Waals surface area contributed by atoms with Crippen LogP contribution in [0.5, 0.6) is 0 Å². The van der Waals surface area contributed by atoms with Crippen molar-refractivity contribution in [1.82, 2.24) is 4.90 Å². The lowest BCUT2D eigenvalue weighted by atomic mass is 9.87. The van der Waals surface area contributed by atoms with Crippen LogP contribution in [0.15, 0.2) is 16.5 Å². The molecule has 1 saturated heterocycles. The Morgan fingerprint density at radius 2 is 2.06 bits per heavy atom. The van der Waals surface area contributed by atoms with E-state index in [2.05, 4.69) is 31.7 Å². The summed E-state index contributed by atoms with van der Waals surface area (Å²) in [5, 5.41) is 0. The first-order chi connectivity index (χ1) is 8.49. The third kappa shape index (κ3) is 2.78. The minimum atomic E-state index is 0.0937. The van der Waals surface area contributed by atoms with Gasteiger partial charge in [-0.2, -0.15) is 0 Å². The average Bonchev–Trinajstić information content (AvgIpc) is 2.70. The molecule has 0 bridgehead atoms. The minimum absolute atomic E-state index is 0.0937. The van der Waals surface area contributed by atoms with Crippen LogP contribution in [0.2, 0.25) is 0 Å². The Hall–Kier alpha value is -0.800. The van der Waals surface area contributed by atoms with Crippen molar-refractivity contribution in [3.63, 3.8) is 0 Å². The van der Waals surface area contributed by atoms with Crippen LogP contribution in [0, 0.1) is 18.8 Å². The Kier molecular flexibility index (Phi) is 4.13. The van der Waals surface area contributed by atoms with Gasteiger partial charge in [-0.1, -0.05) is 13.8 Å². The number of nitrogens with zero attached hydrogens (tertiary/aromatic N) is 1. The highest BCUT2D eigenvalue weighted by Gasteiger charge is 2.32. The van der Waals surface area contributed by atoms with E-state index in [1.54, 1.807) is 0 Å². The lowest BCUT2D eigenvalue weighted by Gasteiger charge is -2.40. The molecule has 1 aliphatic heterocycles. The van der Waals surface area contributed by atoms with E-state index in [0.717, 1.165) is 36.4 Å². The quantitative estimate of drug-likeness (QED) is 0.897. The molecule has 18 heavy (non-hydrogen) atoms. The van der Waals surface area contributed by atoms with E-state index in [-0.39, 0.29) is 12.1 Å². The second-order valence-corrected chi connectivity index (χ2v) is 5.99. The molecule has 0 saturated carbocycles. The van der Waals surface area contributed by atoms with Crippen molar-refractivity contribution in [3.8, 4) is 0 Å². The molecule has 0 amide bonds. The summed E-state index contributed by atoms with van der Waals surface area (Å²) in [4.78, 5) is 2.49. The molecular weight excluding hydrogens is 224 g/mol. The molecule has 4 unspecified atom stereocenters. The van der Waals surface area contributed by atoms with Gasteiger partial charge in [0.2, 0.25) is 0 Å². The lowest BCUT2D eigenvalue weighted by Crippen LogP contribution is -2.46. The zero-order valence-electron chi connectivity index (χ0n) is 12.0. The number of rotatable bonds is 3. The zero-order valence-corrected chi connectivity index (χ0v) is 12.0. The van der Waals surface area contributed by atoms with E-state index in [1.165, 1.54) is 6.42 Å². The Labute approximate surface area is 110 Å². The van der Waals surface area contributed by atoms with E-state index in [0.29, 0.717) is 0 Å². The van der Waals surface area contributed by atoms with E-state index in [9.17, 15) is 0 Å². The molecule has 1 aliphatic rings. The maximum atomic E-state index is 6.19. The second-order valence-electron chi connectivity index (χ2n) is 5.99. The van der Waals surface area contributed by atoms with Crippen molar-refractivity contribution >= 4 is 0 Å². The van der Waals surface area contributed by atoms with Gasteiger partial charge < -0.3 is 10.2 Å². The summed E-state index contributed by atoms with van der Waals surface area (Å²) in [6, 6.07) is 4.41. The number of hydrogen-bond donors (Lipinski definition) is 1. The smallest absolute Gasteiger partial charge is 0.122 e. The minimum Gasteiger partial charge on any atom is -0.465 e. The van der Waals surface area contributed by atoms with E-state index in [4.69, 9.17) is 10.2 Å². The number of likely N-dealkylation sites (tertiary alicyclic amines) is 1. The van der Waals surface area contributed by atoms with Gasteiger partial charge in [-0.25, -0.2) is 0 Å². The first-order valence-electron chi connectivity index (χ1n) is 7.05. The summed E-state index contributed by atoms with van der Waals surface area (Å²) >= 11 is 0. The molecule has 3 heteroatoms. The zero-order chi connectivity index (χ0) is 13.3. The predicted molar refractivity (Wildman–Crippen MR) is 74.4 cm³/mol. The maximum absolute atomic E-state index is 6.19. The molecule has 0 aromatic carbocycles. The molecule has 102 valence electrons. The largest absolute Gasteiger partial charge is 0.465 e. The van der Waals surface area contributed by atoms with Crippen LogP contribution >= 0.6 is 0 Å². The van der Waals surface area contributed by atoms with Gasteiger partial charge in [0.15, 0.2) is 0 Å². The van der Waals surface area contributed by atoms with Gasteiger partial charge in [0.1, 0.15) is 11.5 Å². The number of furan rings is 1. The molecule has 0 spiro atoms. The van der Waals surface area contributed by atoms with Crippen molar-refractivity contribution in [1.29, 1.82) is 0 Å². The fourth-order valence-electron chi connectivity index (χ4n) is 2.93. The number of nitrogens with two attached hydrogens (primary N) is 1. The van der Waals surface area contributed by atoms with Crippen LogP contribution in [-0.2, 0) is 0 Å². The van der Waals surface area contributed by atoms with Crippen molar-refractivity contribution in [2.75, 3.05) is 13.1 Å². The molecule has 0 aliphatic carbocycles. The predicted octanol–water partition coefficient (Wildman–Crippen LogP) is 2.95. The Morgan fingerprint density at radius 1 is 1.33 bits per heavy atom. The molecule has 2 N–H and O–H groups in total. The highest BCUT2D eigenvalue weighted by molar-refractivity contribution is 5.12. The second kappa shape index (κ2) is 5.45. The highest BCUT2D eigenvalue weighted by Crippen LogP contribution is 2.32. The number of aryl methyl sites for hydroxylation is 1. The lowest BCUT2D eigenvalue weighted by molar-refractivity contribution is 0.0740. The van der Waals surface area contributed by atoms with Crippen LogP contribution in [0.1, 0.15) is 44.8 Å². The third-order valence-corrected chi connectivity index (χ3v) is 4.31. The molecule has 2 heterocycles. The molecule has 1 fully saturated rings. The van der Waals surface area contributed by atoms with Crippen molar-refractivity contribution in [2.45, 2.75) is 46.2 Å². The van der Waals surface area contributed by atoms with Crippen molar-refractivity contribution in [3.05, 3.63) is 23.7 Å². The Bertz CT molecular complexity index is 386. The van der Waals surface area contributed by atoms with E-state index >= 15 is 0 Å². The highest BCUT2D eigenvalue weighted by atomic mass is 16.3. The molecule has 0 radical (unpaired) electrons. The molecule has 2 rings (SSSR count). The number of piperidine rings is 1. The maximum Gasteiger partial charge on any atom is 0.122 e. The van der Waals surface area contributed by atoms with Gasteiger partial charge in [0, 0.05) is 12.6 Å². The molecule has 1 aromatic rings. The average molecular weight is 250 g/mol. The fraction of sp³-hybridized carbons (Fsp3) is 0.733. The molecule has 1 aromatic heterocycles. The Morgan fingerprint density at radius 3 is 2.56 bits per heavy atom. The normalized spacial score (nSPS) is 29.2. The summed E-state index contributed by atoms with van der Waals surface area (Å²) < 4.78 is 5.80. The standard InChI is InChI=1S/C15H26N2O/c1-10-7-8-17(9-11(10)2)15(13(4)16)14-6-5-12(3)18-14/h5-6,10-11,13,15H,7-9,16H2,1-4H3. The molecule has 4 atom stereocenters. The van der Waals surface area contributed by atoms with E-state index in [1.807, 2.05) is 13.0 Å². The first kappa shape index (κ1) is 13.6. The van der Waals surface area contributed by atoms with Gasteiger partial charge in [0.25, 0.3) is 0 Å².